The average Bonchev–Trinajstić information content (AvgIpc) is 3.22. The quantitative estimate of drug-likeness (QED) is 0.823. The van der Waals surface area contributed by atoms with Gasteiger partial charge in [-0.15, -0.1) is 0 Å². The van der Waals surface area contributed by atoms with Gasteiger partial charge in [0.05, 0.1) is 6.54 Å². The highest BCUT2D eigenvalue weighted by Crippen LogP contribution is 2.22. The van der Waals surface area contributed by atoms with Crippen LogP contribution in [-0.4, -0.2) is 39.4 Å². The lowest BCUT2D eigenvalue weighted by molar-refractivity contribution is 0.181. The molecule has 1 fully saturated rings. The van der Waals surface area contributed by atoms with E-state index in [2.05, 4.69) is 32.3 Å². The van der Waals surface area contributed by atoms with E-state index in [9.17, 15) is 4.79 Å². The van der Waals surface area contributed by atoms with Gasteiger partial charge in [-0.2, -0.15) is 9.97 Å². The second-order valence-electron chi connectivity index (χ2n) is 5.41. The zero-order valence-electron chi connectivity index (χ0n) is 13.7. The molecule has 0 saturated carbocycles. The van der Waals surface area contributed by atoms with E-state index in [1.54, 1.807) is 12.3 Å². The lowest BCUT2D eigenvalue weighted by Crippen LogP contribution is -2.25. The molecule has 0 radical (unpaired) electrons. The number of anilines is 2. The summed E-state index contributed by atoms with van der Waals surface area (Å²) < 4.78 is 10.3. The minimum absolute atomic E-state index is 0.191. The van der Waals surface area contributed by atoms with Gasteiger partial charge in [0.15, 0.2) is 5.82 Å². The van der Waals surface area contributed by atoms with Crippen LogP contribution < -0.4 is 10.2 Å². The number of aromatic nitrogens is 4. The van der Waals surface area contributed by atoms with Gasteiger partial charge in [-0.05, 0) is 18.9 Å². The Balaban J connectivity index is 1.74. The summed E-state index contributed by atoms with van der Waals surface area (Å²) in [6, 6.07) is 1.48. The van der Waals surface area contributed by atoms with Crippen molar-refractivity contribution >= 4 is 17.9 Å². The van der Waals surface area contributed by atoms with Gasteiger partial charge in [0.25, 0.3) is 0 Å². The van der Waals surface area contributed by atoms with E-state index in [0.717, 1.165) is 19.3 Å². The molecule has 1 atom stereocenters. The lowest BCUT2D eigenvalue weighted by Gasteiger charge is -2.15. The number of carbonyl (C=O) groups excluding carboxylic acids is 1. The SMILES string of the molecule is CCCc1noc(C(CC)Nc2nccc(N3CCOC3=O)n2)n1. The standard InChI is InChI=1S/C15H20N6O3/c1-3-5-11-18-13(24-20-11)10(4-2)17-14-16-7-6-12(19-14)21-8-9-23-15(21)22/h6-7,10H,3-5,8-9H2,1-2H3,(H,16,17,19). The average molecular weight is 332 g/mol. The number of nitrogens with zero attached hydrogens (tertiary/aromatic N) is 5. The second kappa shape index (κ2) is 7.24. The summed E-state index contributed by atoms with van der Waals surface area (Å²) in [4.78, 5) is 26.1. The Hall–Kier alpha value is -2.71. The lowest BCUT2D eigenvalue weighted by atomic mass is 10.2. The molecule has 1 aliphatic heterocycles. The molecule has 0 aromatic carbocycles. The molecular formula is C15H20N6O3. The smallest absolute Gasteiger partial charge is 0.415 e. The van der Waals surface area contributed by atoms with Gasteiger partial charge < -0.3 is 14.6 Å². The van der Waals surface area contributed by atoms with E-state index in [4.69, 9.17) is 9.26 Å². The van der Waals surface area contributed by atoms with Crippen LogP contribution in [0.5, 0.6) is 0 Å². The molecule has 1 aliphatic rings. The van der Waals surface area contributed by atoms with Crippen LogP contribution in [0.25, 0.3) is 0 Å². The van der Waals surface area contributed by atoms with Gasteiger partial charge >= 0.3 is 6.09 Å². The van der Waals surface area contributed by atoms with E-state index < -0.39 is 6.09 Å². The molecular weight excluding hydrogens is 312 g/mol. The first-order valence-electron chi connectivity index (χ1n) is 8.07. The minimum Gasteiger partial charge on any atom is -0.447 e. The highest BCUT2D eigenvalue weighted by atomic mass is 16.6. The van der Waals surface area contributed by atoms with Crippen LogP contribution in [0.3, 0.4) is 0 Å². The molecule has 3 heterocycles. The molecule has 2 aromatic rings. The Kier molecular flexibility index (Phi) is 4.88. The fraction of sp³-hybridized carbons (Fsp3) is 0.533. The zero-order chi connectivity index (χ0) is 16.9. The Labute approximate surface area is 139 Å². The van der Waals surface area contributed by atoms with E-state index in [1.165, 1.54) is 4.90 Å². The third-order valence-electron chi connectivity index (χ3n) is 3.65. The van der Waals surface area contributed by atoms with E-state index in [1.807, 2.05) is 6.92 Å². The molecule has 1 amide bonds. The first kappa shape index (κ1) is 16.2. The van der Waals surface area contributed by atoms with Gasteiger partial charge in [-0.3, -0.25) is 4.90 Å². The van der Waals surface area contributed by atoms with Crippen LogP contribution in [0, 0.1) is 0 Å². The number of aryl methyl sites for hydroxylation is 1. The predicted molar refractivity (Wildman–Crippen MR) is 85.7 cm³/mol. The van der Waals surface area contributed by atoms with Crippen LogP contribution in [0.4, 0.5) is 16.6 Å². The molecule has 1 saturated heterocycles. The van der Waals surface area contributed by atoms with Crippen molar-refractivity contribution in [3.8, 4) is 0 Å². The number of hydrogen-bond donors (Lipinski definition) is 1. The monoisotopic (exact) mass is 332 g/mol. The van der Waals surface area contributed by atoms with Gasteiger partial charge in [0.1, 0.15) is 18.5 Å². The molecule has 1 N–H and O–H groups in total. The number of carbonyl (C=O) groups is 1. The molecule has 0 bridgehead atoms. The first-order chi connectivity index (χ1) is 11.7. The van der Waals surface area contributed by atoms with Crippen LogP contribution >= 0.6 is 0 Å². The molecule has 128 valence electrons. The maximum absolute atomic E-state index is 11.6. The van der Waals surface area contributed by atoms with Crippen LogP contribution in [0.1, 0.15) is 44.4 Å². The summed E-state index contributed by atoms with van der Waals surface area (Å²) in [7, 11) is 0. The second-order valence-corrected chi connectivity index (χ2v) is 5.41. The molecule has 9 nitrogen and oxygen atoms in total. The van der Waals surface area contributed by atoms with Gasteiger partial charge in [0, 0.05) is 12.6 Å². The molecule has 9 heteroatoms. The van der Waals surface area contributed by atoms with Crippen LogP contribution in [-0.2, 0) is 11.2 Å². The maximum atomic E-state index is 11.6. The van der Waals surface area contributed by atoms with Crippen molar-refractivity contribution in [3.63, 3.8) is 0 Å². The molecule has 24 heavy (non-hydrogen) atoms. The van der Waals surface area contributed by atoms with Crippen molar-refractivity contribution in [1.29, 1.82) is 0 Å². The summed E-state index contributed by atoms with van der Waals surface area (Å²) in [5.41, 5.74) is 0. The highest BCUT2D eigenvalue weighted by molar-refractivity contribution is 5.88. The first-order valence-corrected chi connectivity index (χ1v) is 8.07. The summed E-state index contributed by atoms with van der Waals surface area (Å²) in [5, 5.41) is 7.15. The molecule has 3 rings (SSSR count). The molecule has 0 spiro atoms. The summed E-state index contributed by atoms with van der Waals surface area (Å²) in [5.74, 6) is 2.11. The highest BCUT2D eigenvalue weighted by Gasteiger charge is 2.25. The third kappa shape index (κ3) is 3.44. The van der Waals surface area contributed by atoms with E-state index in [-0.39, 0.29) is 6.04 Å². The maximum Gasteiger partial charge on any atom is 0.415 e. The summed E-state index contributed by atoms with van der Waals surface area (Å²) >= 11 is 0. The van der Waals surface area contributed by atoms with Gasteiger partial charge in [0.2, 0.25) is 11.8 Å². The zero-order valence-corrected chi connectivity index (χ0v) is 13.7. The largest absolute Gasteiger partial charge is 0.447 e. The summed E-state index contributed by atoms with van der Waals surface area (Å²) in [6.07, 6.45) is 3.67. The number of cyclic esters (lactones) is 1. The van der Waals surface area contributed by atoms with Crippen LogP contribution in [0.15, 0.2) is 16.8 Å². The third-order valence-corrected chi connectivity index (χ3v) is 3.65. The number of hydrogen-bond acceptors (Lipinski definition) is 8. The number of rotatable bonds is 7. The summed E-state index contributed by atoms with van der Waals surface area (Å²) in [6.45, 7) is 4.92. The van der Waals surface area contributed by atoms with Crippen molar-refractivity contribution in [2.24, 2.45) is 0 Å². The van der Waals surface area contributed by atoms with Crippen molar-refractivity contribution in [3.05, 3.63) is 24.0 Å². The number of ether oxygens (including phenoxy) is 1. The van der Waals surface area contributed by atoms with Gasteiger partial charge in [-0.1, -0.05) is 19.0 Å². The van der Waals surface area contributed by atoms with Crippen molar-refractivity contribution in [2.45, 2.75) is 39.2 Å². The van der Waals surface area contributed by atoms with E-state index in [0.29, 0.717) is 36.6 Å². The Morgan fingerprint density at radius 3 is 2.96 bits per heavy atom. The predicted octanol–water partition coefficient (Wildman–Crippen LogP) is 2.33. The number of nitrogens with one attached hydrogen (secondary N) is 1. The Bertz CT molecular complexity index is 704. The van der Waals surface area contributed by atoms with Crippen molar-refractivity contribution in [2.75, 3.05) is 23.4 Å². The topological polar surface area (TPSA) is 106 Å². The Morgan fingerprint density at radius 1 is 1.38 bits per heavy atom. The minimum atomic E-state index is -0.396. The van der Waals surface area contributed by atoms with Gasteiger partial charge in [-0.25, -0.2) is 9.78 Å². The molecule has 2 aromatic heterocycles. The van der Waals surface area contributed by atoms with Crippen LogP contribution in [0.2, 0.25) is 0 Å². The molecule has 1 unspecified atom stereocenters. The normalized spacial score (nSPS) is 15.4. The van der Waals surface area contributed by atoms with Crippen molar-refractivity contribution in [1.82, 2.24) is 20.1 Å². The van der Waals surface area contributed by atoms with E-state index >= 15 is 0 Å². The fourth-order valence-corrected chi connectivity index (χ4v) is 2.40. The van der Waals surface area contributed by atoms with Crippen molar-refractivity contribution < 1.29 is 14.1 Å². The Morgan fingerprint density at radius 2 is 2.25 bits per heavy atom. The fourth-order valence-electron chi connectivity index (χ4n) is 2.40. The number of amides is 1. The molecule has 0 aliphatic carbocycles.